The summed E-state index contributed by atoms with van der Waals surface area (Å²) in [4.78, 5) is 41.6. The number of nitrogens with zero attached hydrogens (tertiary/aromatic N) is 1. The maximum Gasteiger partial charge on any atom is 0.408 e. The Hall–Kier alpha value is -4.07. The van der Waals surface area contributed by atoms with Crippen LogP contribution in [0.5, 0.6) is 5.75 Å². The lowest BCUT2D eigenvalue weighted by molar-refractivity contribution is -0.141. The summed E-state index contributed by atoms with van der Waals surface area (Å²) < 4.78 is 5.32. The van der Waals surface area contributed by atoms with Gasteiger partial charge in [0.25, 0.3) is 5.91 Å². The molecule has 1 fully saturated rings. The van der Waals surface area contributed by atoms with Crippen molar-refractivity contribution < 1.29 is 24.2 Å². The molecule has 4 unspecified atom stereocenters. The molecule has 0 spiro atoms. The van der Waals surface area contributed by atoms with Crippen LogP contribution in [0.15, 0.2) is 66.7 Å². The minimum absolute atomic E-state index is 0.0119. The van der Waals surface area contributed by atoms with Gasteiger partial charge in [-0.3, -0.25) is 9.59 Å². The summed E-state index contributed by atoms with van der Waals surface area (Å²) in [5.74, 6) is -0.654. The van der Waals surface area contributed by atoms with Crippen LogP contribution >= 0.6 is 0 Å². The Morgan fingerprint density at radius 2 is 1.68 bits per heavy atom. The number of hydrogen-bond acceptors (Lipinski definition) is 5. The highest BCUT2D eigenvalue weighted by Crippen LogP contribution is 2.41. The number of ether oxygens (including phenoxy) is 1. The molecular formula is C30H35N3O5. The zero-order valence-electron chi connectivity index (χ0n) is 22.4. The molecule has 3 aromatic rings. The average Bonchev–Trinajstić information content (AvgIpc) is 3.56. The highest BCUT2D eigenvalue weighted by Gasteiger charge is 2.47. The van der Waals surface area contributed by atoms with Crippen LogP contribution in [0.4, 0.5) is 10.5 Å². The largest absolute Gasteiger partial charge is 0.508 e. The second kappa shape index (κ2) is 10.7. The van der Waals surface area contributed by atoms with E-state index in [9.17, 15) is 19.5 Å². The van der Waals surface area contributed by atoms with E-state index in [0.717, 1.165) is 17.2 Å². The van der Waals surface area contributed by atoms with Gasteiger partial charge in [0.05, 0.1) is 0 Å². The molecule has 200 valence electrons. The molecule has 1 aliphatic rings. The van der Waals surface area contributed by atoms with E-state index in [0.29, 0.717) is 11.3 Å². The fraction of sp³-hybridized carbons (Fsp3) is 0.367. The summed E-state index contributed by atoms with van der Waals surface area (Å²) in [5, 5.41) is 17.8. The predicted molar refractivity (Wildman–Crippen MR) is 147 cm³/mol. The van der Waals surface area contributed by atoms with Gasteiger partial charge in [-0.2, -0.15) is 0 Å². The number of amides is 3. The Labute approximate surface area is 223 Å². The molecule has 0 saturated heterocycles. The van der Waals surface area contributed by atoms with Gasteiger partial charge in [-0.15, -0.1) is 0 Å². The SMILES string of the molecule is CC(NC(=O)OC(C)(C)C)C(=O)N(C(C(=O)Nc1ccc2ccccc2c1)c1cccc(O)c1)C1CC1C. The van der Waals surface area contributed by atoms with Crippen LogP contribution in [0, 0.1) is 5.92 Å². The van der Waals surface area contributed by atoms with Crippen molar-refractivity contribution in [2.24, 2.45) is 5.92 Å². The summed E-state index contributed by atoms with van der Waals surface area (Å²) in [6.07, 6.45) is 0.0142. The minimum Gasteiger partial charge on any atom is -0.508 e. The molecule has 0 radical (unpaired) electrons. The standard InChI is InChI=1S/C30H35N3O5/c1-18-15-25(18)33(28(36)19(2)31-29(37)38-30(3,4)5)26(22-11-8-12-24(34)17-22)27(35)32-23-14-13-20-9-6-7-10-21(20)16-23/h6-14,16-19,25-26,34H,15H2,1-5H3,(H,31,37)(H,32,35). The first kappa shape index (κ1) is 27.0. The number of nitrogens with one attached hydrogen (secondary N) is 2. The highest BCUT2D eigenvalue weighted by molar-refractivity contribution is 6.00. The van der Waals surface area contributed by atoms with E-state index in [4.69, 9.17) is 4.74 Å². The topological polar surface area (TPSA) is 108 Å². The van der Waals surface area contributed by atoms with E-state index >= 15 is 0 Å². The van der Waals surface area contributed by atoms with Crippen molar-refractivity contribution in [1.29, 1.82) is 0 Å². The summed E-state index contributed by atoms with van der Waals surface area (Å²) in [5.41, 5.74) is 0.344. The number of phenols is 1. The normalized spacial score (nSPS) is 18.2. The maximum absolute atomic E-state index is 13.9. The van der Waals surface area contributed by atoms with E-state index in [1.54, 1.807) is 39.8 Å². The van der Waals surface area contributed by atoms with Crippen LogP contribution in [0.2, 0.25) is 0 Å². The van der Waals surface area contributed by atoms with Crippen LogP contribution in [0.25, 0.3) is 10.8 Å². The maximum atomic E-state index is 13.9. The lowest BCUT2D eigenvalue weighted by Crippen LogP contribution is -2.52. The third kappa shape index (κ3) is 6.43. The molecule has 0 bridgehead atoms. The number of rotatable bonds is 7. The molecule has 1 aliphatic carbocycles. The van der Waals surface area contributed by atoms with Gasteiger partial charge in [0.2, 0.25) is 5.91 Å². The van der Waals surface area contributed by atoms with Crippen molar-refractivity contribution in [2.45, 2.75) is 64.8 Å². The number of hydrogen-bond donors (Lipinski definition) is 3. The number of benzene rings is 3. The molecule has 3 aromatic carbocycles. The molecule has 0 heterocycles. The quantitative estimate of drug-likeness (QED) is 0.390. The Morgan fingerprint density at radius 3 is 2.32 bits per heavy atom. The number of fused-ring (bicyclic) bond motifs is 1. The third-order valence-corrected chi connectivity index (χ3v) is 6.51. The zero-order valence-corrected chi connectivity index (χ0v) is 22.4. The molecule has 4 rings (SSSR count). The lowest BCUT2D eigenvalue weighted by atomic mass is 10.0. The van der Waals surface area contributed by atoms with E-state index < -0.39 is 35.6 Å². The molecule has 1 saturated carbocycles. The van der Waals surface area contributed by atoms with Crippen LogP contribution < -0.4 is 10.6 Å². The smallest absolute Gasteiger partial charge is 0.408 e. The van der Waals surface area contributed by atoms with Crippen LogP contribution in [0.3, 0.4) is 0 Å². The van der Waals surface area contributed by atoms with Crippen LogP contribution in [-0.2, 0) is 14.3 Å². The van der Waals surface area contributed by atoms with Crippen molar-refractivity contribution in [3.63, 3.8) is 0 Å². The summed E-state index contributed by atoms with van der Waals surface area (Å²) in [6, 6.07) is 17.6. The van der Waals surface area contributed by atoms with Gasteiger partial charge in [-0.25, -0.2) is 4.79 Å². The van der Waals surface area contributed by atoms with Gasteiger partial charge in [-0.05, 0) is 80.6 Å². The van der Waals surface area contributed by atoms with E-state index in [-0.39, 0.29) is 17.7 Å². The number of carbonyl (C=O) groups excluding carboxylic acids is 3. The van der Waals surface area contributed by atoms with Crippen molar-refractivity contribution in [3.8, 4) is 5.75 Å². The van der Waals surface area contributed by atoms with Crippen molar-refractivity contribution in [3.05, 3.63) is 72.3 Å². The Kier molecular flexibility index (Phi) is 7.62. The third-order valence-electron chi connectivity index (χ3n) is 6.51. The Balaban J connectivity index is 1.66. The molecule has 0 aromatic heterocycles. The van der Waals surface area contributed by atoms with Gasteiger partial charge in [0.1, 0.15) is 23.4 Å². The second-order valence-corrected chi connectivity index (χ2v) is 10.9. The first-order valence-electron chi connectivity index (χ1n) is 12.8. The van der Waals surface area contributed by atoms with E-state index in [1.807, 2.05) is 49.4 Å². The van der Waals surface area contributed by atoms with Crippen LogP contribution in [-0.4, -0.2) is 45.6 Å². The molecule has 0 aliphatic heterocycles. The number of aromatic hydroxyl groups is 1. The predicted octanol–water partition coefficient (Wildman–Crippen LogP) is 5.38. The molecule has 38 heavy (non-hydrogen) atoms. The number of anilines is 1. The fourth-order valence-electron chi connectivity index (χ4n) is 4.55. The van der Waals surface area contributed by atoms with Gasteiger partial charge in [-0.1, -0.05) is 49.4 Å². The molecule has 3 amide bonds. The van der Waals surface area contributed by atoms with Crippen molar-refractivity contribution in [2.75, 3.05) is 5.32 Å². The first-order valence-corrected chi connectivity index (χ1v) is 12.8. The van der Waals surface area contributed by atoms with Crippen LogP contribution in [0.1, 0.15) is 52.6 Å². The van der Waals surface area contributed by atoms with E-state index in [2.05, 4.69) is 10.6 Å². The molecule has 4 atom stereocenters. The fourth-order valence-corrected chi connectivity index (χ4v) is 4.55. The first-order chi connectivity index (χ1) is 17.9. The summed E-state index contributed by atoms with van der Waals surface area (Å²) in [7, 11) is 0. The number of phenolic OH excluding ortho intramolecular Hbond substituents is 1. The van der Waals surface area contributed by atoms with Crippen molar-refractivity contribution in [1.82, 2.24) is 10.2 Å². The van der Waals surface area contributed by atoms with E-state index in [1.165, 1.54) is 17.0 Å². The Bertz CT molecular complexity index is 1350. The monoisotopic (exact) mass is 517 g/mol. The lowest BCUT2D eigenvalue weighted by Gasteiger charge is -2.34. The molecular weight excluding hydrogens is 482 g/mol. The summed E-state index contributed by atoms with van der Waals surface area (Å²) in [6.45, 7) is 8.82. The van der Waals surface area contributed by atoms with Gasteiger partial charge < -0.3 is 25.4 Å². The zero-order chi connectivity index (χ0) is 27.6. The van der Waals surface area contributed by atoms with Gasteiger partial charge in [0, 0.05) is 11.7 Å². The van der Waals surface area contributed by atoms with Gasteiger partial charge in [0.15, 0.2) is 0 Å². The molecule has 8 nitrogen and oxygen atoms in total. The molecule has 3 N–H and O–H groups in total. The molecule has 8 heteroatoms. The minimum atomic E-state index is -1.03. The Morgan fingerprint density at radius 1 is 1.00 bits per heavy atom. The van der Waals surface area contributed by atoms with Crippen molar-refractivity contribution >= 4 is 34.4 Å². The summed E-state index contributed by atoms with van der Waals surface area (Å²) >= 11 is 0. The number of alkyl carbamates (subject to hydrolysis) is 1. The number of carbonyl (C=O) groups is 3. The average molecular weight is 518 g/mol. The highest BCUT2D eigenvalue weighted by atomic mass is 16.6. The second-order valence-electron chi connectivity index (χ2n) is 10.9. The van der Waals surface area contributed by atoms with Gasteiger partial charge >= 0.3 is 6.09 Å².